The number of phenolic OH excluding ortho intramolecular Hbond substituents is 1. The van der Waals surface area contributed by atoms with E-state index >= 15 is 0 Å². The number of carboxylic acid groups (broad SMARTS) is 3. The van der Waals surface area contributed by atoms with Crippen molar-refractivity contribution in [3.05, 3.63) is 65.7 Å². The Morgan fingerprint density at radius 1 is 0.460 bits per heavy atom. The second kappa shape index (κ2) is 38.7. The monoisotopic (exact) mass is 1220 g/mol. The highest BCUT2D eigenvalue weighted by Gasteiger charge is 2.37. The van der Waals surface area contributed by atoms with E-state index in [1.54, 1.807) is 58.0 Å². The third-order valence-corrected chi connectivity index (χ3v) is 14.2. The maximum Gasteiger partial charge on any atom is 0.326 e. The molecule has 2 aromatic carbocycles. The third-order valence-electron chi connectivity index (χ3n) is 14.2. The normalized spacial score (nSPS) is 15.0. The maximum absolute atomic E-state index is 14.2. The van der Waals surface area contributed by atoms with Crippen molar-refractivity contribution in [2.75, 3.05) is 13.1 Å². The summed E-state index contributed by atoms with van der Waals surface area (Å²) in [6.07, 6.45) is -0.544. The molecule has 484 valence electrons. The topological polar surface area (TPSA) is 472 Å². The Morgan fingerprint density at radius 2 is 0.885 bits per heavy atom. The van der Waals surface area contributed by atoms with E-state index in [0.29, 0.717) is 36.8 Å². The lowest BCUT2D eigenvalue weighted by Crippen LogP contribution is -2.61. The number of nitrogens with two attached hydrogens (primary N) is 3. The van der Waals surface area contributed by atoms with Crippen LogP contribution in [0.1, 0.15) is 130 Å². The minimum atomic E-state index is -1.87. The summed E-state index contributed by atoms with van der Waals surface area (Å²) in [7, 11) is 0. The Kier molecular flexibility index (Phi) is 33.3. The summed E-state index contributed by atoms with van der Waals surface area (Å²) in [5, 5.41) is 61.9. The molecule has 0 saturated carbocycles. The first-order chi connectivity index (χ1) is 41.0. The third kappa shape index (κ3) is 27.8. The van der Waals surface area contributed by atoms with E-state index in [0.717, 1.165) is 0 Å². The van der Waals surface area contributed by atoms with E-state index in [-0.39, 0.29) is 63.3 Å². The van der Waals surface area contributed by atoms with Crippen LogP contribution in [-0.4, -0.2) is 165 Å². The van der Waals surface area contributed by atoms with Crippen LogP contribution in [0.15, 0.2) is 54.6 Å². The summed E-state index contributed by atoms with van der Waals surface area (Å²) in [4.78, 5) is 161. The molecule has 0 saturated heterocycles. The van der Waals surface area contributed by atoms with Crippen molar-refractivity contribution in [1.29, 1.82) is 0 Å². The number of aliphatic carboxylic acids is 3. The van der Waals surface area contributed by atoms with Crippen LogP contribution in [0.5, 0.6) is 5.75 Å². The van der Waals surface area contributed by atoms with Crippen LogP contribution in [0.25, 0.3) is 0 Å². The number of aromatic hydroxyl groups is 1. The van der Waals surface area contributed by atoms with Crippen molar-refractivity contribution in [3.63, 3.8) is 0 Å². The number of hydrogen-bond donors (Lipinski definition) is 16. The molecule has 0 aliphatic heterocycles. The van der Waals surface area contributed by atoms with Crippen LogP contribution in [-0.2, 0) is 70.4 Å². The highest BCUT2D eigenvalue weighted by molar-refractivity contribution is 5.99. The molecule has 11 atom stereocenters. The van der Waals surface area contributed by atoms with Gasteiger partial charge in [0.15, 0.2) is 0 Å². The molecule has 0 unspecified atom stereocenters. The number of hydrogen-bond acceptors (Lipinski definition) is 16. The molecular weight excluding hydrogens is 1130 g/mol. The van der Waals surface area contributed by atoms with Crippen LogP contribution in [0, 0.1) is 17.8 Å². The average molecular weight is 1230 g/mol. The van der Waals surface area contributed by atoms with Gasteiger partial charge in [0.05, 0.1) is 12.5 Å². The van der Waals surface area contributed by atoms with Gasteiger partial charge in [0.2, 0.25) is 53.2 Å². The van der Waals surface area contributed by atoms with E-state index in [1.165, 1.54) is 31.2 Å². The van der Waals surface area contributed by atoms with Gasteiger partial charge in [-0.05, 0) is 112 Å². The standard InChI is InChI=1S/C59H92N12O16/c1-8-34(6)49(59(86)87)71-57(84)44(30-37-20-22-38(72)23-21-37)68-56(83)45(31-47(75)76)69-53(80)41(19-13-15-27-61)66-58(85)48(33(4)5)70-50(77)35(7)63-52(79)40(18-12-14-26-60)64-54(81)42(24-25-46(73)74)65-55(82)43(29-36-16-10-9-11-17-36)67-51(78)39(62)28-32(2)3/h9-11,16-17,20-23,32-35,39-45,48-49,72H,8,12-15,18-19,24-31,60-62H2,1-7H3,(H,63,79)(H,64,81)(H,65,82)(H,66,85)(H,67,78)(H,68,83)(H,69,80)(H,70,77)(H,71,84)(H,73,74)(H,75,76)(H,86,87)/t34-,35-,39-,40-,41-,42-,43-,44-,45-,48-,49-/m0/s1. The fraction of sp³-hybridized carbons (Fsp3) is 0.593. The molecule has 19 N–H and O–H groups in total. The Hall–Kier alpha value is -8.24. The number of rotatable bonds is 41. The van der Waals surface area contributed by atoms with Gasteiger partial charge in [-0.1, -0.05) is 90.4 Å². The molecule has 0 aliphatic rings. The summed E-state index contributed by atoms with van der Waals surface area (Å²) in [6, 6.07) is -0.0671. The molecule has 9 amide bonds. The number of nitrogens with one attached hydrogen (secondary N) is 9. The van der Waals surface area contributed by atoms with Gasteiger partial charge in [-0.25, -0.2) is 4.79 Å². The molecule has 28 nitrogen and oxygen atoms in total. The summed E-state index contributed by atoms with van der Waals surface area (Å²) >= 11 is 0. The predicted octanol–water partition coefficient (Wildman–Crippen LogP) is -0.682. The summed E-state index contributed by atoms with van der Waals surface area (Å²) < 4.78 is 0. The molecular formula is C59H92N12O16. The molecule has 0 aromatic heterocycles. The lowest BCUT2D eigenvalue weighted by Gasteiger charge is -2.29. The van der Waals surface area contributed by atoms with Gasteiger partial charge in [-0.2, -0.15) is 0 Å². The Labute approximate surface area is 507 Å². The van der Waals surface area contributed by atoms with Gasteiger partial charge in [0, 0.05) is 19.3 Å². The Morgan fingerprint density at radius 3 is 1.36 bits per heavy atom. The highest BCUT2D eigenvalue weighted by atomic mass is 16.4. The second-order valence-corrected chi connectivity index (χ2v) is 22.4. The SMILES string of the molecule is CC[C@H](C)[C@H](NC(=O)[C@H](Cc1ccc(O)cc1)NC(=O)[C@H](CC(=O)O)NC(=O)[C@H](CCCCN)NC(=O)[C@@H](NC(=O)[C@H](C)NC(=O)[C@H](CCCCN)NC(=O)[C@H](CCC(=O)O)NC(=O)[C@H](Cc1ccccc1)NC(=O)[C@@H](N)CC(C)C)C(C)C)C(=O)O. The lowest BCUT2D eigenvalue weighted by molar-refractivity contribution is -0.144. The summed E-state index contributed by atoms with van der Waals surface area (Å²) in [5.41, 5.74) is 18.6. The van der Waals surface area contributed by atoms with E-state index < -0.39 is 163 Å². The molecule has 0 fully saturated rings. The summed E-state index contributed by atoms with van der Waals surface area (Å²) in [6.45, 7) is 11.9. The van der Waals surface area contributed by atoms with Crippen molar-refractivity contribution in [3.8, 4) is 5.75 Å². The van der Waals surface area contributed by atoms with Crippen molar-refractivity contribution in [2.45, 2.75) is 192 Å². The van der Waals surface area contributed by atoms with Gasteiger partial charge >= 0.3 is 17.9 Å². The van der Waals surface area contributed by atoms with E-state index in [1.807, 2.05) is 13.8 Å². The van der Waals surface area contributed by atoms with E-state index in [2.05, 4.69) is 47.9 Å². The van der Waals surface area contributed by atoms with Gasteiger partial charge in [0.25, 0.3) is 0 Å². The molecule has 28 heteroatoms. The van der Waals surface area contributed by atoms with Crippen LogP contribution in [0.2, 0.25) is 0 Å². The molecule has 0 heterocycles. The fourth-order valence-electron chi connectivity index (χ4n) is 8.95. The van der Waals surface area contributed by atoms with Crippen LogP contribution >= 0.6 is 0 Å². The van der Waals surface area contributed by atoms with E-state index in [9.17, 15) is 78.0 Å². The highest BCUT2D eigenvalue weighted by Crippen LogP contribution is 2.16. The van der Waals surface area contributed by atoms with Gasteiger partial charge in [0.1, 0.15) is 60.1 Å². The molecule has 2 aromatic rings. The second-order valence-electron chi connectivity index (χ2n) is 22.4. The molecule has 2 rings (SSSR count). The van der Waals surface area contributed by atoms with Crippen molar-refractivity contribution in [2.24, 2.45) is 35.0 Å². The number of phenols is 1. The zero-order valence-electron chi connectivity index (χ0n) is 50.7. The molecule has 0 aliphatic carbocycles. The lowest BCUT2D eigenvalue weighted by atomic mass is 9.98. The Balaban J connectivity index is 2.39. The maximum atomic E-state index is 14.2. The largest absolute Gasteiger partial charge is 0.508 e. The van der Waals surface area contributed by atoms with Crippen molar-refractivity contribution < 1.29 is 78.0 Å². The summed E-state index contributed by atoms with van der Waals surface area (Å²) in [5.74, 6) is -13.8. The average Bonchev–Trinajstić information content (AvgIpc) is 3.58. The molecule has 87 heavy (non-hydrogen) atoms. The first-order valence-electron chi connectivity index (χ1n) is 29.4. The van der Waals surface area contributed by atoms with Crippen LogP contribution in [0.4, 0.5) is 0 Å². The number of benzene rings is 2. The number of unbranched alkanes of at least 4 members (excludes halogenated alkanes) is 2. The number of carbonyl (C=O) groups excluding carboxylic acids is 9. The predicted molar refractivity (Wildman–Crippen MR) is 319 cm³/mol. The van der Waals surface area contributed by atoms with Gasteiger partial charge in [-0.3, -0.25) is 52.7 Å². The zero-order valence-corrected chi connectivity index (χ0v) is 50.7. The minimum Gasteiger partial charge on any atom is -0.508 e. The minimum absolute atomic E-state index is 0.0295. The first kappa shape index (κ1) is 74.9. The number of carbonyl (C=O) groups is 12. The zero-order chi connectivity index (χ0) is 65.5. The van der Waals surface area contributed by atoms with Crippen LogP contribution < -0.4 is 65.1 Å². The number of amides is 9. The van der Waals surface area contributed by atoms with E-state index in [4.69, 9.17) is 17.2 Å². The first-order valence-corrected chi connectivity index (χ1v) is 29.4. The smallest absolute Gasteiger partial charge is 0.326 e. The Bertz CT molecular complexity index is 2610. The fourth-order valence-corrected chi connectivity index (χ4v) is 8.95. The molecule has 0 bridgehead atoms. The number of carboxylic acids is 3. The quantitative estimate of drug-likeness (QED) is 0.0367. The van der Waals surface area contributed by atoms with Gasteiger partial charge in [-0.15, -0.1) is 0 Å². The molecule has 0 spiro atoms. The van der Waals surface area contributed by atoms with Gasteiger partial charge < -0.3 is 85.5 Å². The van der Waals surface area contributed by atoms with Crippen LogP contribution in [0.3, 0.4) is 0 Å². The molecule has 0 radical (unpaired) electrons. The van der Waals surface area contributed by atoms with Crippen molar-refractivity contribution in [1.82, 2.24) is 47.9 Å². The van der Waals surface area contributed by atoms with Crippen molar-refractivity contribution >= 4 is 71.1 Å².